The molecule has 0 bridgehead atoms. The third-order valence-electron chi connectivity index (χ3n) is 8.84. The van der Waals surface area contributed by atoms with Gasteiger partial charge in [0.15, 0.2) is 0 Å². The zero-order chi connectivity index (χ0) is 16.6. The lowest BCUT2D eigenvalue weighted by molar-refractivity contribution is -0.166. The molecule has 1 N–H and O–H groups in total. The quantitative estimate of drug-likeness (QED) is 0.743. The summed E-state index contributed by atoms with van der Waals surface area (Å²) in [6.45, 7) is 6.54. The maximum atomic E-state index is 12.9. The fourth-order valence-corrected chi connectivity index (χ4v) is 7.08. The first kappa shape index (κ1) is 15.8. The van der Waals surface area contributed by atoms with Crippen LogP contribution in [0.2, 0.25) is 0 Å². The second kappa shape index (κ2) is 4.68. The molecule has 128 valence electrons. The third kappa shape index (κ3) is 1.92. The molecule has 23 heavy (non-hydrogen) atoms. The van der Waals surface area contributed by atoms with Crippen molar-refractivity contribution in [1.82, 2.24) is 0 Å². The van der Waals surface area contributed by atoms with Crippen molar-refractivity contribution in [3.8, 4) is 0 Å². The molecule has 3 nitrogen and oxygen atoms in total. The van der Waals surface area contributed by atoms with Gasteiger partial charge in [-0.15, -0.1) is 0 Å². The second-order valence-electron chi connectivity index (χ2n) is 9.62. The predicted molar refractivity (Wildman–Crippen MR) is 87.7 cm³/mol. The van der Waals surface area contributed by atoms with Gasteiger partial charge in [0.2, 0.25) is 0 Å². The number of fused-ring (bicyclic) bond motifs is 5. The van der Waals surface area contributed by atoms with Crippen molar-refractivity contribution in [2.75, 3.05) is 0 Å². The zero-order valence-electron chi connectivity index (χ0n) is 14.7. The Hall–Kier alpha value is -0.700. The minimum Gasteiger partial charge on any atom is -0.390 e. The standard InChI is InChI=1S/C20H30O3/c1-18-7-4-12(21)10-16(18)17(22)11-13-14(18)5-8-19(2)15(13)6-9-20(19,3)23/h13-16,23H,4-11H2,1-3H3. The van der Waals surface area contributed by atoms with E-state index in [0.29, 0.717) is 42.8 Å². The number of carbonyl (C=O) groups excluding carboxylic acids is 2. The fraction of sp³-hybridized carbons (Fsp3) is 0.900. The van der Waals surface area contributed by atoms with E-state index in [-0.39, 0.29) is 22.5 Å². The average molecular weight is 318 g/mol. The van der Waals surface area contributed by atoms with E-state index in [4.69, 9.17) is 0 Å². The summed E-state index contributed by atoms with van der Waals surface area (Å²) in [6.07, 6.45) is 6.78. The van der Waals surface area contributed by atoms with Gasteiger partial charge in [0, 0.05) is 25.2 Å². The van der Waals surface area contributed by atoms with Crippen LogP contribution in [0, 0.1) is 34.5 Å². The molecule has 3 heteroatoms. The van der Waals surface area contributed by atoms with Crippen molar-refractivity contribution in [1.29, 1.82) is 0 Å². The van der Waals surface area contributed by atoms with Crippen molar-refractivity contribution in [2.45, 2.75) is 77.7 Å². The smallest absolute Gasteiger partial charge is 0.137 e. The van der Waals surface area contributed by atoms with Gasteiger partial charge in [-0.2, -0.15) is 0 Å². The highest BCUT2D eigenvalue weighted by atomic mass is 16.3. The van der Waals surface area contributed by atoms with Crippen LogP contribution in [0.3, 0.4) is 0 Å². The van der Waals surface area contributed by atoms with Crippen LogP contribution in [-0.4, -0.2) is 22.3 Å². The van der Waals surface area contributed by atoms with Crippen molar-refractivity contribution in [3.05, 3.63) is 0 Å². The van der Waals surface area contributed by atoms with Crippen LogP contribution < -0.4 is 0 Å². The molecular weight excluding hydrogens is 288 g/mol. The number of hydrogen-bond acceptors (Lipinski definition) is 3. The van der Waals surface area contributed by atoms with Crippen LogP contribution in [0.4, 0.5) is 0 Å². The first-order valence-electron chi connectivity index (χ1n) is 9.46. The van der Waals surface area contributed by atoms with E-state index in [1.807, 2.05) is 6.92 Å². The van der Waals surface area contributed by atoms with Gasteiger partial charge in [0.1, 0.15) is 11.6 Å². The highest BCUT2D eigenvalue weighted by Gasteiger charge is 2.64. The largest absolute Gasteiger partial charge is 0.390 e. The number of carbonyl (C=O) groups is 2. The summed E-state index contributed by atoms with van der Waals surface area (Å²) in [6, 6.07) is 0. The summed E-state index contributed by atoms with van der Waals surface area (Å²) >= 11 is 0. The van der Waals surface area contributed by atoms with Gasteiger partial charge in [-0.1, -0.05) is 13.8 Å². The number of hydrogen-bond donors (Lipinski definition) is 1. The van der Waals surface area contributed by atoms with Gasteiger partial charge in [-0.05, 0) is 67.6 Å². The van der Waals surface area contributed by atoms with Crippen LogP contribution in [0.15, 0.2) is 0 Å². The molecule has 4 aliphatic carbocycles. The molecule has 0 radical (unpaired) electrons. The zero-order valence-corrected chi connectivity index (χ0v) is 14.7. The lowest BCUT2D eigenvalue weighted by Crippen LogP contribution is -2.58. The molecule has 0 aromatic heterocycles. The van der Waals surface area contributed by atoms with Gasteiger partial charge in [-0.3, -0.25) is 9.59 Å². The number of rotatable bonds is 0. The van der Waals surface area contributed by atoms with Crippen LogP contribution in [0.1, 0.15) is 72.1 Å². The molecule has 7 unspecified atom stereocenters. The Labute approximate surface area is 139 Å². The molecule has 4 aliphatic rings. The van der Waals surface area contributed by atoms with E-state index in [0.717, 1.165) is 32.1 Å². The van der Waals surface area contributed by atoms with Gasteiger partial charge in [-0.25, -0.2) is 0 Å². The van der Waals surface area contributed by atoms with Gasteiger partial charge >= 0.3 is 0 Å². The normalized spacial score (nSPS) is 56.0. The van der Waals surface area contributed by atoms with Crippen LogP contribution >= 0.6 is 0 Å². The minimum absolute atomic E-state index is 0.0175. The molecule has 4 fully saturated rings. The molecule has 0 aromatic carbocycles. The number of aliphatic hydroxyl groups is 1. The van der Waals surface area contributed by atoms with E-state index in [1.54, 1.807) is 0 Å². The average Bonchev–Trinajstić information content (AvgIpc) is 2.72. The number of ketones is 2. The maximum absolute atomic E-state index is 12.9. The molecule has 0 saturated heterocycles. The molecule has 0 amide bonds. The Morgan fingerprint density at radius 3 is 2.39 bits per heavy atom. The molecule has 4 saturated carbocycles. The summed E-state index contributed by atoms with van der Waals surface area (Å²) in [7, 11) is 0. The van der Waals surface area contributed by atoms with E-state index in [9.17, 15) is 14.7 Å². The lowest BCUT2D eigenvalue weighted by atomic mass is 9.44. The van der Waals surface area contributed by atoms with Gasteiger partial charge in [0.25, 0.3) is 0 Å². The Kier molecular flexibility index (Phi) is 3.22. The van der Waals surface area contributed by atoms with Crippen molar-refractivity contribution in [3.63, 3.8) is 0 Å². The molecular formula is C20H30O3. The first-order chi connectivity index (χ1) is 10.7. The molecule has 7 atom stereocenters. The minimum atomic E-state index is -0.591. The molecule has 0 aromatic rings. The Balaban J connectivity index is 1.70. The summed E-state index contributed by atoms with van der Waals surface area (Å²) in [5, 5.41) is 10.9. The Morgan fingerprint density at radius 2 is 1.65 bits per heavy atom. The maximum Gasteiger partial charge on any atom is 0.137 e. The highest BCUT2D eigenvalue weighted by Crippen LogP contribution is 2.67. The third-order valence-corrected chi connectivity index (χ3v) is 8.84. The Bertz CT molecular complexity index is 565. The van der Waals surface area contributed by atoms with Crippen LogP contribution in [-0.2, 0) is 9.59 Å². The summed E-state index contributed by atoms with van der Waals surface area (Å²) in [5.74, 6) is 2.03. The summed E-state index contributed by atoms with van der Waals surface area (Å²) in [4.78, 5) is 24.8. The van der Waals surface area contributed by atoms with Crippen molar-refractivity contribution in [2.24, 2.45) is 34.5 Å². The van der Waals surface area contributed by atoms with Crippen LogP contribution in [0.25, 0.3) is 0 Å². The molecule has 4 rings (SSSR count). The van der Waals surface area contributed by atoms with E-state index in [1.165, 1.54) is 0 Å². The fourth-order valence-electron chi connectivity index (χ4n) is 7.08. The SMILES string of the molecule is CC12CCC(=O)CC1C(=O)CC1C2CCC2(C)C1CCC2(C)O. The second-order valence-corrected chi connectivity index (χ2v) is 9.62. The predicted octanol–water partition coefficient (Wildman–Crippen LogP) is 3.53. The molecule has 0 heterocycles. The number of Topliss-reactive ketones (excluding diaryl/α,β-unsaturated/α-hetero) is 2. The van der Waals surface area contributed by atoms with Gasteiger partial charge in [0.05, 0.1) is 5.60 Å². The van der Waals surface area contributed by atoms with Crippen molar-refractivity contribution >= 4 is 11.6 Å². The molecule has 0 spiro atoms. The highest BCUT2D eigenvalue weighted by molar-refractivity contribution is 5.90. The summed E-state index contributed by atoms with van der Waals surface area (Å²) in [5.41, 5.74) is -0.613. The van der Waals surface area contributed by atoms with E-state index in [2.05, 4.69) is 13.8 Å². The monoisotopic (exact) mass is 318 g/mol. The molecule has 0 aliphatic heterocycles. The van der Waals surface area contributed by atoms with E-state index >= 15 is 0 Å². The first-order valence-corrected chi connectivity index (χ1v) is 9.46. The van der Waals surface area contributed by atoms with E-state index < -0.39 is 5.60 Å². The topological polar surface area (TPSA) is 54.4 Å². The Morgan fingerprint density at radius 1 is 0.957 bits per heavy atom. The van der Waals surface area contributed by atoms with Crippen LogP contribution in [0.5, 0.6) is 0 Å². The lowest BCUT2D eigenvalue weighted by Gasteiger charge is -2.60. The van der Waals surface area contributed by atoms with Gasteiger partial charge < -0.3 is 5.11 Å². The van der Waals surface area contributed by atoms with Crippen molar-refractivity contribution < 1.29 is 14.7 Å². The summed E-state index contributed by atoms with van der Waals surface area (Å²) < 4.78 is 0.